The fourth-order valence-corrected chi connectivity index (χ4v) is 5.35. The molecule has 0 saturated carbocycles. The van der Waals surface area contributed by atoms with E-state index in [1.807, 2.05) is 23.1 Å². The lowest BCUT2D eigenvalue weighted by molar-refractivity contribution is -0.137. The molecule has 38 heavy (non-hydrogen) atoms. The lowest BCUT2D eigenvalue weighted by atomic mass is 10.0. The summed E-state index contributed by atoms with van der Waals surface area (Å²) in [6.45, 7) is 3.48. The van der Waals surface area contributed by atoms with Gasteiger partial charge in [0.15, 0.2) is 0 Å². The van der Waals surface area contributed by atoms with E-state index >= 15 is 0 Å². The summed E-state index contributed by atoms with van der Waals surface area (Å²) < 4.78 is 44.3. The second kappa shape index (κ2) is 10.8. The molecule has 5 rings (SSSR count). The normalized spacial score (nSPS) is 17.7. The van der Waals surface area contributed by atoms with Gasteiger partial charge >= 0.3 is 12.3 Å². The molecule has 0 radical (unpaired) electrons. The second-order valence-electron chi connectivity index (χ2n) is 9.62. The van der Waals surface area contributed by atoms with E-state index in [1.165, 1.54) is 6.07 Å². The number of ether oxygens (including phenoxy) is 1. The molecule has 2 aromatic carbocycles. The minimum atomic E-state index is -4.53. The van der Waals surface area contributed by atoms with Crippen molar-refractivity contribution >= 4 is 34.5 Å². The molecule has 2 aliphatic heterocycles. The molecule has 2 saturated heterocycles. The van der Waals surface area contributed by atoms with Gasteiger partial charge in [-0.1, -0.05) is 11.6 Å². The Labute approximate surface area is 222 Å². The monoisotopic (exact) mass is 549 g/mol. The topological polar surface area (TPSA) is 81.8 Å². The van der Waals surface area contributed by atoms with E-state index in [4.69, 9.17) is 16.3 Å². The first-order chi connectivity index (χ1) is 18.2. The Balaban J connectivity index is 1.07. The molecule has 0 unspecified atom stereocenters. The number of aromatic nitrogens is 2. The number of aromatic amines is 1. The van der Waals surface area contributed by atoms with Crippen molar-refractivity contribution in [1.29, 1.82) is 0 Å². The number of benzene rings is 2. The third kappa shape index (κ3) is 5.88. The van der Waals surface area contributed by atoms with E-state index in [1.54, 1.807) is 11.1 Å². The van der Waals surface area contributed by atoms with Gasteiger partial charge in [-0.3, -0.25) is 14.8 Å². The lowest BCUT2D eigenvalue weighted by Crippen LogP contribution is -2.54. The summed E-state index contributed by atoms with van der Waals surface area (Å²) in [6, 6.07) is 8.95. The molecule has 2 fully saturated rings. The number of carbonyl (C=O) groups is 2. The van der Waals surface area contributed by atoms with E-state index in [0.29, 0.717) is 37.8 Å². The number of nitrogens with zero attached hydrogens (tertiary/aromatic N) is 4. The number of H-pyrrole nitrogens is 1. The van der Waals surface area contributed by atoms with Crippen LogP contribution in [0.3, 0.4) is 0 Å². The molecule has 0 atom stereocenters. The van der Waals surface area contributed by atoms with Gasteiger partial charge in [-0.15, -0.1) is 0 Å². The van der Waals surface area contributed by atoms with Gasteiger partial charge in [0.2, 0.25) is 0 Å². The van der Waals surface area contributed by atoms with Crippen LogP contribution in [0.5, 0.6) is 0 Å². The standard InChI is InChI=1S/C26H27ClF3N5O3/c27-21-12-17(11-20(14-21)26(28,29)30)16-38-25(37)35-5-3-22(4-6-35)33-7-9-34(10-8-33)24(36)18-1-2-23-19(13-18)15-31-32-23/h1-2,11-15,22H,3-10,16H2,(H,31,32). The Morgan fingerprint density at radius 1 is 1.00 bits per heavy atom. The number of amides is 2. The predicted molar refractivity (Wildman–Crippen MR) is 135 cm³/mol. The first-order valence-electron chi connectivity index (χ1n) is 12.4. The van der Waals surface area contributed by atoms with Crippen LogP contribution in [0, 0.1) is 0 Å². The molecule has 3 aromatic rings. The van der Waals surface area contributed by atoms with Crippen molar-refractivity contribution in [3.63, 3.8) is 0 Å². The quantitative estimate of drug-likeness (QED) is 0.506. The van der Waals surface area contributed by atoms with Crippen LogP contribution >= 0.6 is 11.6 Å². The van der Waals surface area contributed by atoms with Crippen LogP contribution in [-0.4, -0.2) is 82.2 Å². The number of rotatable bonds is 4. The van der Waals surface area contributed by atoms with Gasteiger partial charge in [0, 0.05) is 61.3 Å². The Morgan fingerprint density at radius 2 is 1.74 bits per heavy atom. The van der Waals surface area contributed by atoms with Crippen LogP contribution in [0.2, 0.25) is 5.02 Å². The van der Waals surface area contributed by atoms with Gasteiger partial charge in [-0.05, 0) is 54.8 Å². The molecule has 2 aliphatic rings. The van der Waals surface area contributed by atoms with Gasteiger partial charge in [-0.2, -0.15) is 18.3 Å². The Bertz CT molecular complexity index is 1310. The Morgan fingerprint density at radius 3 is 2.45 bits per heavy atom. The number of hydrogen-bond acceptors (Lipinski definition) is 5. The van der Waals surface area contributed by atoms with Crippen LogP contribution in [0.1, 0.15) is 34.3 Å². The number of alkyl halides is 3. The van der Waals surface area contributed by atoms with Crippen LogP contribution in [-0.2, 0) is 17.5 Å². The number of piperazine rings is 1. The Hall–Kier alpha value is -3.31. The number of nitrogens with one attached hydrogen (secondary N) is 1. The molecule has 202 valence electrons. The van der Waals surface area contributed by atoms with E-state index in [-0.39, 0.29) is 23.1 Å². The lowest BCUT2D eigenvalue weighted by Gasteiger charge is -2.42. The zero-order valence-electron chi connectivity index (χ0n) is 20.5. The minimum absolute atomic E-state index is 0.00683. The van der Waals surface area contributed by atoms with Crippen LogP contribution in [0.25, 0.3) is 10.9 Å². The molecule has 1 aromatic heterocycles. The number of carbonyl (C=O) groups excluding carboxylic acids is 2. The summed E-state index contributed by atoms with van der Waals surface area (Å²) in [6.07, 6.45) is -1.86. The number of piperidine rings is 1. The summed E-state index contributed by atoms with van der Waals surface area (Å²) in [7, 11) is 0. The smallest absolute Gasteiger partial charge is 0.416 e. The third-order valence-corrected chi connectivity index (χ3v) is 7.39. The van der Waals surface area contributed by atoms with Crippen molar-refractivity contribution in [2.75, 3.05) is 39.3 Å². The highest BCUT2D eigenvalue weighted by molar-refractivity contribution is 6.30. The highest BCUT2D eigenvalue weighted by Gasteiger charge is 2.32. The maximum atomic E-state index is 13.0. The molecule has 3 heterocycles. The summed E-state index contributed by atoms with van der Waals surface area (Å²) >= 11 is 5.80. The van der Waals surface area contributed by atoms with Crippen LogP contribution < -0.4 is 0 Å². The summed E-state index contributed by atoms with van der Waals surface area (Å²) in [4.78, 5) is 31.3. The molecule has 12 heteroatoms. The van der Waals surface area contributed by atoms with Crippen molar-refractivity contribution < 1.29 is 27.5 Å². The summed E-state index contributed by atoms with van der Waals surface area (Å²) in [5.41, 5.74) is 0.844. The van der Waals surface area contributed by atoms with Gasteiger partial charge in [0.25, 0.3) is 5.91 Å². The van der Waals surface area contributed by atoms with E-state index in [0.717, 1.165) is 49.0 Å². The van der Waals surface area contributed by atoms with Crippen molar-refractivity contribution in [2.24, 2.45) is 0 Å². The maximum absolute atomic E-state index is 13.0. The van der Waals surface area contributed by atoms with Crippen LogP contribution in [0.15, 0.2) is 42.6 Å². The number of halogens is 4. The van der Waals surface area contributed by atoms with Crippen molar-refractivity contribution in [3.05, 3.63) is 64.3 Å². The zero-order chi connectivity index (χ0) is 26.9. The van der Waals surface area contributed by atoms with Crippen molar-refractivity contribution in [1.82, 2.24) is 24.9 Å². The summed E-state index contributed by atoms with van der Waals surface area (Å²) in [5.74, 6) is 0.00683. The molecular weight excluding hydrogens is 523 g/mol. The van der Waals surface area contributed by atoms with Gasteiger partial charge < -0.3 is 14.5 Å². The molecule has 8 nitrogen and oxygen atoms in total. The van der Waals surface area contributed by atoms with E-state index in [2.05, 4.69) is 15.1 Å². The van der Waals surface area contributed by atoms with Crippen molar-refractivity contribution in [3.8, 4) is 0 Å². The Kier molecular flexibility index (Phi) is 7.49. The van der Waals surface area contributed by atoms with E-state index < -0.39 is 17.8 Å². The number of likely N-dealkylation sites (tertiary alicyclic amines) is 1. The van der Waals surface area contributed by atoms with Gasteiger partial charge in [-0.25, -0.2) is 4.79 Å². The largest absolute Gasteiger partial charge is 0.445 e. The average molecular weight is 550 g/mol. The predicted octanol–water partition coefficient (Wildman–Crippen LogP) is 4.79. The fraction of sp³-hybridized carbons (Fsp3) is 0.423. The average Bonchev–Trinajstić information content (AvgIpc) is 3.39. The molecular formula is C26H27ClF3N5O3. The maximum Gasteiger partial charge on any atom is 0.416 e. The first-order valence-corrected chi connectivity index (χ1v) is 12.8. The minimum Gasteiger partial charge on any atom is -0.445 e. The van der Waals surface area contributed by atoms with Gasteiger partial charge in [0.1, 0.15) is 6.61 Å². The molecule has 0 aliphatic carbocycles. The molecule has 0 spiro atoms. The molecule has 2 amide bonds. The zero-order valence-corrected chi connectivity index (χ0v) is 21.3. The van der Waals surface area contributed by atoms with E-state index in [9.17, 15) is 22.8 Å². The van der Waals surface area contributed by atoms with Gasteiger partial charge in [0.05, 0.1) is 17.3 Å². The molecule has 0 bridgehead atoms. The SMILES string of the molecule is O=C(OCc1cc(Cl)cc(C(F)(F)F)c1)N1CCC(N2CCN(C(=O)c3ccc4[nH]ncc4c3)CC2)CC1. The third-order valence-electron chi connectivity index (χ3n) is 7.17. The molecule has 1 N–H and O–H groups in total. The number of hydrogen-bond donors (Lipinski definition) is 1. The highest BCUT2D eigenvalue weighted by atomic mass is 35.5. The van der Waals surface area contributed by atoms with Crippen molar-refractivity contribution in [2.45, 2.75) is 31.7 Å². The summed E-state index contributed by atoms with van der Waals surface area (Å²) in [5, 5.41) is 7.72. The highest BCUT2D eigenvalue weighted by Crippen LogP contribution is 2.32. The fourth-order valence-electron chi connectivity index (χ4n) is 5.10. The van der Waals surface area contributed by atoms with Crippen LogP contribution in [0.4, 0.5) is 18.0 Å². The number of fused-ring (bicyclic) bond motifs is 1. The second-order valence-corrected chi connectivity index (χ2v) is 10.1. The first kappa shape index (κ1) is 26.3.